The molecule has 2 N–H and O–H groups in total. The molecule has 0 spiro atoms. The summed E-state index contributed by atoms with van der Waals surface area (Å²) >= 11 is 5.84. The van der Waals surface area contributed by atoms with Gasteiger partial charge in [-0.25, -0.2) is 4.79 Å². The molecule has 1 aromatic carbocycles. The molecule has 0 fully saturated rings. The monoisotopic (exact) mass is 258 g/mol. The number of ether oxygens (including phenoxy) is 1. The Balaban J connectivity index is 2.84. The Kier molecular flexibility index (Phi) is 4.93. The predicted octanol–water partition coefficient (Wildman–Crippen LogP) is 1.61. The lowest BCUT2D eigenvalue weighted by molar-refractivity contribution is -0.159. The number of aryl methyl sites for hydroxylation is 1. The number of benzene rings is 1. The molecule has 0 saturated carbocycles. The van der Waals surface area contributed by atoms with Crippen LogP contribution in [0.2, 0.25) is 5.02 Å². The van der Waals surface area contributed by atoms with Gasteiger partial charge in [-0.2, -0.15) is 0 Å². The Hall–Kier alpha value is -1.10. The summed E-state index contributed by atoms with van der Waals surface area (Å²) in [6, 6.07) is 4.78. The Morgan fingerprint density at radius 1 is 1.47 bits per heavy atom. The zero-order chi connectivity index (χ0) is 13.0. The van der Waals surface area contributed by atoms with Gasteiger partial charge in [-0.1, -0.05) is 23.7 Å². The molecule has 1 rings (SSSR count). The molecule has 0 bridgehead atoms. The van der Waals surface area contributed by atoms with E-state index in [0.29, 0.717) is 10.6 Å². The van der Waals surface area contributed by atoms with E-state index in [9.17, 15) is 15.0 Å². The topological polar surface area (TPSA) is 66.8 Å². The first-order chi connectivity index (χ1) is 7.97. The van der Waals surface area contributed by atoms with Crippen molar-refractivity contribution in [3.63, 3.8) is 0 Å². The van der Waals surface area contributed by atoms with E-state index in [1.807, 2.05) is 0 Å². The van der Waals surface area contributed by atoms with E-state index in [4.69, 9.17) is 11.6 Å². The van der Waals surface area contributed by atoms with Gasteiger partial charge in [0.25, 0.3) is 0 Å². The molecule has 94 valence electrons. The fourth-order valence-electron chi connectivity index (χ4n) is 1.39. The van der Waals surface area contributed by atoms with Crippen LogP contribution in [0, 0.1) is 6.92 Å². The lowest BCUT2D eigenvalue weighted by Gasteiger charge is -2.17. The number of aliphatic hydroxyl groups excluding tert-OH is 2. The molecule has 2 unspecified atom stereocenters. The van der Waals surface area contributed by atoms with Crippen molar-refractivity contribution in [1.82, 2.24) is 0 Å². The van der Waals surface area contributed by atoms with Crippen LogP contribution in [0.25, 0.3) is 0 Å². The summed E-state index contributed by atoms with van der Waals surface area (Å²) in [6.07, 6.45) is -2.90. The third kappa shape index (κ3) is 3.43. The number of carbonyl (C=O) groups excluding carboxylic acids is 1. The van der Waals surface area contributed by atoms with Gasteiger partial charge >= 0.3 is 5.97 Å². The molecule has 1 aromatic rings. The fraction of sp³-hybridized carbons (Fsp3) is 0.417. The molecule has 0 aromatic heterocycles. The highest BCUT2D eigenvalue weighted by Crippen LogP contribution is 2.23. The van der Waals surface area contributed by atoms with Crippen LogP contribution < -0.4 is 0 Å². The van der Waals surface area contributed by atoms with Crippen molar-refractivity contribution in [2.75, 3.05) is 6.61 Å². The largest absolute Gasteiger partial charge is 0.464 e. The molecule has 5 heteroatoms. The van der Waals surface area contributed by atoms with Gasteiger partial charge < -0.3 is 14.9 Å². The van der Waals surface area contributed by atoms with Crippen LogP contribution in [0.15, 0.2) is 18.2 Å². The minimum Gasteiger partial charge on any atom is -0.464 e. The third-order valence-corrected chi connectivity index (χ3v) is 2.77. The highest BCUT2D eigenvalue weighted by Gasteiger charge is 2.27. The molecular weight excluding hydrogens is 244 g/mol. The maximum Gasteiger partial charge on any atom is 0.338 e. The second-order valence-corrected chi connectivity index (χ2v) is 4.06. The minimum atomic E-state index is -1.59. The van der Waals surface area contributed by atoms with E-state index in [1.54, 1.807) is 32.0 Å². The number of hydrogen-bond donors (Lipinski definition) is 2. The van der Waals surface area contributed by atoms with E-state index in [0.717, 1.165) is 5.56 Å². The van der Waals surface area contributed by atoms with E-state index in [2.05, 4.69) is 4.74 Å². The maximum atomic E-state index is 11.3. The fourth-order valence-corrected chi connectivity index (χ4v) is 1.51. The SMILES string of the molecule is CCOC(=O)C(O)C(O)c1ccc(Cl)c(C)c1. The van der Waals surface area contributed by atoms with E-state index in [-0.39, 0.29) is 6.61 Å². The van der Waals surface area contributed by atoms with Crippen molar-refractivity contribution >= 4 is 17.6 Å². The summed E-state index contributed by atoms with van der Waals surface area (Å²) in [4.78, 5) is 11.3. The third-order valence-electron chi connectivity index (χ3n) is 2.35. The van der Waals surface area contributed by atoms with Crippen molar-refractivity contribution in [2.24, 2.45) is 0 Å². The summed E-state index contributed by atoms with van der Waals surface area (Å²) in [5, 5.41) is 19.9. The number of carbonyl (C=O) groups is 1. The zero-order valence-electron chi connectivity index (χ0n) is 9.68. The number of hydrogen-bond acceptors (Lipinski definition) is 4. The maximum absolute atomic E-state index is 11.3. The van der Waals surface area contributed by atoms with E-state index >= 15 is 0 Å². The molecular formula is C12H15ClO4. The van der Waals surface area contributed by atoms with Crippen LogP contribution in [-0.2, 0) is 9.53 Å². The molecule has 17 heavy (non-hydrogen) atoms. The Bertz CT molecular complexity index is 405. The van der Waals surface area contributed by atoms with Gasteiger partial charge in [0.2, 0.25) is 0 Å². The molecule has 4 nitrogen and oxygen atoms in total. The number of halogens is 1. The zero-order valence-corrected chi connectivity index (χ0v) is 10.4. The molecule has 2 atom stereocenters. The van der Waals surface area contributed by atoms with Crippen LogP contribution in [0.4, 0.5) is 0 Å². The van der Waals surface area contributed by atoms with Crippen LogP contribution in [-0.4, -0.2) is 28.9 Å². The van der Waals surface area contributed by atoms with Crippen molar-refractivity contribution in [1.29, 1.82) is 0 Å². The van der Waals surface area contributed by atoms with Crippen LogP contribution >= 0.6 is 11.6 Å². The Morgan fingerprint density at radius 2 is 2.12 bits per heavy atom. The van der Waals surface area contributed by atoms with Crippen LogP contribution in [0.5, 0.6) is 0 Å². The first-order valence-electron chi connectivity index (χ1n) is 5.26. The van der Waals surface area contributed by atoms with Crippen molar-refractivity contribution in [3.8, 4) is 0 Å². The standard InChI is InChI=1S/C12H15ClO4/c1-3-17-12(16)11(15)10(14)8-4-5-9(13)7(2)6-8/h4-6,10-11,14-15H,3H2,1-2H3. The molecule has 0 radical (unpaired) electrons. The number of esters is 1. The average molecular weight is 259 g/mol. The number of rotatable bonds is 4. The summed E-state index contributed by atoms with van der Waals surface area (Å²) in [5.74, 6) is -0.840. The molecule has 0 aliphatic heterocycles. The van der Waals surface area contributed by atoms with Gasteiger partial charge in [0.15, 0.2) is 6.10 Å². The highest BCUT2D eigenvalue weighted by molar-refractivity contribution is 6.31. The van der Waals surface area contributed by atoms with Gasteiger partial charge in [0.05, 0.1) is 6.61 Å². The van der Waals surface area contributed by atoms with Gasteiger partial charge in [-0.15, -0.1) is 0 Å². The summed E-state index contributed by atoms with van der Waals surface area (Å²) in [7, 11) is 0. The lowest BCUT2D eigenvalue weighted by atomic mass is 10.0. The lowest BCUT2D eigenvalue weighted by Crippen LogP contribution is -2.29. The smallest absolute Gasteiger partial charge is 0.338 e. The first-order valence-corrected chi connectivity index (χ1v) is 5.64. The van der Waals surface area contributed by atoms with Gasteiger partial charge in [0.1, 0.15) is 6.10 Å². The van der Waals surface area contributed by atoms with Crippen LogP contribution in [0.1, 0.15) is 24.2 Å². The van der Waals surface area contributed by atoms with Crippen LogP contribution in [0.3, 0.4) is 0 Å². The second-order valence-electron chi connectivity index (χ2n) is 3.65. The quantitative estimate of drug-likeness (QED) is 0.805. The summed E-state index contributed by atoms with van der Waals surface area (Å²) in [6.45, 7) is 3.56. The first kappa shape index (κ1) is 14.0. The van der Waals surface area contributed by atoms with Crippen molar-refractivity contribution in [3.05, 3.63) is 34.3 Å². The van der Waals surface area contributed by atoms with Gasteiger partial charge in [-0.3, -0.25) is 0 Å². The van der Waals surface area contributed by atoms with Crippen molar-refractivity contribution in [2.45, 2.75) is 26.1 Å². The normalized spacial score (nSPS) is 14.2. The van der Waals surface area contributed by atoms with Gasteiger partial charge in [-0.05, 0) is 31.0 Å². The Labute approximate surface area is 105 Å². The average Bonchev–Trinajstić information content (AvgIpc) is 2.31. The van der Waals surface area contributed by atoms with E-state index in [1.165, 1.54) is 0 Å². The molecule has 0 saturated heterocycles. The molecule has 0 amide bonds. The second kappa shape index (κ2) is 6.00. The van der Waals surface area contributed by atoms with Crippen molar-refractivity contribution < 1.29 is 19.7 Å². The Morgan fingerprint density at radius 3 is 2.65 bits per heavy atom. The summed E-state index contributed by atoms with van der Waals surface area (Å²) in [5.41, 5.74) is 1.19. The van der Waals surface area contributed by atoms with Gasteiger partial charge in [0, 0.05) is 5.02 Å². The molecule has 0 aliphatic carbocycles. The minimum absolute atomic E-state index is 0.155. The highest BCUT2D eigenvalue weighted by atomic mass is 35.5. The summed E-state index contributed by atoms with van der Waals surface area (Å²) < 4.78 is 4.63. The predicted molar refractivity (Wildman–Crippen MR) is 63.8 cm³/mol. The number of aliphatic hydroxyl groups is 2. The van der Waals surface area contributed by atoms with E-state index < -0.39 is 18.2 Å². The molecule has 0 aliphatic rings. The molecule has 0 heterocycles.